The van der Waals surface area contributed by atoms with Gasteiger partial charge >= 0.3 is 0 Å². The zero-order valence-corrected chi connectivity index (χ0v) is 18.6. The summed E-state index contributed by atoms with van der Waals surface area (Å²) in [5.74, 6) is -2.12. The van der Waals surface area contributed by atoms with Gasteiger partial charge in [-0.15, -0.1) is 0 Å². The van der Waals surface area contributed by atoms with Crippen molar-refractivity contribution in [2.75, 3.05) is 25.7 Å². The first-order chi connectivity index (χ1) is 15.3. The minimum absolute atomic E-state index is 0.149. The summed E-state index contributed by atoms with van der Waals surface area (Å²) < 4.78 is 24.7. The van der Waals surface area contributed by atoms with E-state index in [0.717, 1.165) is 15.4 Å². The first kappa shape index (κ1) is 23.6. The van der Waals surface area contributed by atoms with Crippen LogP contribution in [0.4, 0.5) is 10.1 Å². The second-order valence-corrected chi connectivity index (χ2v) is 7.87. The van der Waals surface area contributed by atoms with Crippen LogP contribution in [0.2, 0.25) is 0 Å². The molecule has 8 heteroatoms. The first-order valence-electron chi connectivity index (χ1n) is 10.4. The molecule has 2 aromatic carbocycles. The molecule has 1 saturated heterocycles. The van der Waals surface area contributed by atoms with Gasteiger partial charge in [-0.2, -0.15) is 0 Å². The number of imide groups is 1. The van der Waals surface area contributed by atoms with Crippen LogP contribution in [0, 0.1) is 5.82 Å². The van der Waals surface area contributed by atoms with E-state index < -0.39 is 35.9 Å². The number of hydrogen-bond donors (Lipinski definition) is 0. The molecule has 7 nitrogen and oxygen atoms in total. The Kier molecular flexibility index (Phi) is 7.37. The maximum Gasteiger partial charge on any atom is 0.257 e. The Morgan fingerprint density at radius 2 is 1.72 bits per heavy atom. The predicted octanol–water partition coefficient (Wildman–Crippen LogP) is 3.34. The van der Waals surface area contributed by atoms with Crippen LogP contribution in [0.25, 0.3) is 0 Å². The molecule has 1 aliphatic rings. The van der Waals surface area contributed by atoms with Gasteiger partial charge in [0.1, 0.15) is 11.9 Å². The number of anilines is 1. The van der Waals surface area contributed by atoms with Gasteiger partial charge in [0.15, 0.2) is 6.29 Å². The number of halogens is 1. The molecule has 0 aliphatic carbocycles. The van der Waals surface area contributed by atoms with Crippen molar-refractivity contribution < 1.29 is 28.2 Å². The van der Waals surface area contributed by atoms with Gasteiger partial charge in [-0.05, 0) is 35.7 Å². The number of benzene rings is 2. The topological polar surface area (TPSA) is 76.2 Å². The minimum Gasteiger partial charge on any atom is -0.354 e. The van der Waals surface area contributed by atoms with Gasteiger partial charge in [-0.3, -0.25) is 14.4 Å². The number of nitrogens with zero attached hydrogens (tertiary/aromatic N) is 2. The Morgan fingerprint density at radius 1 is 1.09 bits per heavy atom. The molecule has 1 heterocycles. The zero-order valence-electron chi connectivity index (χ0n) is 18.6. The van der Waals surface area contributed by atoms with E-state index in [1.54, 1.807) is 12.1 Å². The molecule has 0 N–H and O–H groups in total. The number of hydrogen-bond acceptors (Lipinski definition) is 5. The predicted molar refractivity (Wildman–Crippen MR) is 117 cm³/mol. The minimum atomic E-state index is -1.10. The van der Waals surface area contributed by atoms with Crippen molar-refractivity contribution in [2.45, 2.75) is 38.5 Å². The number of carbonyl (C=O) groups excluding carboxylic acids is 3. The summed E-state index contributed by atoms with van der Waals surface area (Å²) in [6, 6.07) is 11.5. The highest BCUT2D eigenvalue weighted by Gasteiger charge is 2.45. The number of rotatable bonds is 8. The van der Waals surface area contributed by atoms with E-state index >= 15 is 0 Å². The lowest BCUT2D eigenvalue weighted by Gasteiger charge is -2.30. The summed E-state index contributed by atoms with van der Waals surface area (Å²) in [6.07, 6.45) is -1.07. The van der Waals surface area contributed by atoms with E-state index in [1.807, 2.05) is 26.0 Å². The fourth-order valence-corrected chi connectivity index (χ4v) is 3.69. The number of carbonyl (C=O) groups is 3. The maximum atomic E-state index is 14.3. The number of amides is 3. The molecule has 3 amide bonds. The molecule has 1 atom stereocenters. The summed E-state index contributed by atoms with van der Waals surface area (Å²) in [6.45, 7) is 3.95. The number of methoxy groups -OCH3 is 2. The standard InChI is InChI=1S/C24H27FN2O5/c1-15(2)16-9-11-17(12-10-16)27-21(28)13-20(24(27)30)26(14-22(31-3)32-4)23(29)18-7-5-6-8-19(18)25/h5-12,15,20,22H,13-14H2,1-4H3. The van der Waals surface area contributed by atoms with E-state index in [2.05, 4.69) is 0 Å². The van der Waals surface area contributed by atoms with E-state index in [-0.39, 0.29) is 18.5 Å². The molecule has 32 heavy (non-hydrogen) atoms. The third-order valence-electron chi connectivity index (χ3n) is 5.55. The van der Waals surface area contributed by atoms with Crippen molar-refractivity contribution in [1.82, 2.24) is 4.90 Å². The molecule has 0 aromatic heterocycles. The molecule has 2 aromatic rings. The van der Waals surface area contributed by atoms with Gasteiger partial charge in [0.25, 0.3) is 11.8 Å². The highest BCUT2D eigenvalue weighted by Crippen LogP contribution is 2.28. The molecule has 1 unspecified atom stereocenters. The molecular weight excluding hydrogens is 415 g/mol. The second kappa shape index (κ2) is 10.0. The Labute approximate surface area is 186 Å². The van der Waals surface area contributed by atoms with Crippen LogP contribution < -0.4 is 4.90 Å². The van der Waals surface area contributed by atoms with Crippen molar-refractivity contribution in [1.29, 1.82) is 0 Å². The van der Waals surface area contributed by atoms with Gasteiger partial charge in [0.05, 0.1) is 24.2 Å². The Hall–Kier alpha value is -3.10. The van der Waals surface area contributed by atoms with Gasteiger partial charge in [0.2, 0.25) is 5.91 Å². The highest BCUT2D eigenvalue weighted by atomic mass is 19.1. The van der Waals surface area contributed by atoms with Crippen molar-refractivity contribution in [3.63, 3.8) is 0 Å². The molecule has 0 bridgehead atoms. The summed E-state index contributed by atoms with van der Waals surface area (Å²) in [5.41, 5.74) is 1.31. The van der Waals surface area contributed by atoms with Crippen LogP contribution in [-0.2, 0) is 19.1 Å². The third kappa shape index (κ3) is 4.71. The van der Waals surface area contributed by atoms with Crippen LogP contribution in [-0.4, -0.2) is 55.7 Å². The lowest BCUT2D eigenvalue weighted by atomic mass is 10.0. The molecule has 170 valence electrons. The quantitative estimate of drug-likeness (QED) is 0.463. The van der Waals surface area contributed by atoms with Crippen molar-refractivity contribution in [3.05, 3.63) is 65.5 Å². The Morgan fingerprint density at radius 3 is 2.28 bits per heavy atom. The first-order valence-corrected chi connectivity index (χ1v) is 10.4. The number of ether oxygens (including phenoxy) is 2. The van der Waals surface area contributed by atoms with E-state index in [0.29, 0.717) is 11.6 Å². The SMILES string of the molecule is COC(CN(C(=O)c1ccccc1F)C1CC(=O)N(c2ccc(C(C)C)cc2)C1=O)OC. The van der Waals surface area contributed by atoms with Crippen molar-refractivity contribution in [2.24, 2.45) is 0 Å². The summed E-state index contributed by atoms with van der Waals surface area (Å²) in [4.78, 5) is 41.5. The van der Waals surface area contributed by atoms with E-state index in [1.165, 1.54) is 38.5 Å². The fraction of sp³-hybridized carbons (Fsp3) is 0.375. The van der Waals surface area contributed by atoms with Crippen molar-refractivity contribution in [3.8, 4) is 0 Å². The average Bonchev–Trinajstić information content (AvgIpc) is 3.08. The normalized spacial score (nSPS) is 16.3. The average molecular weight is 442 g/mol. The van der Waals surface area contributed by atoms with Crippen molar-refractivity contribution >= 4 is 23.4 Å². The summed E-state index contributed by atoms with van der Waals surface area (Å²) in [7, 11) is 2.79. The smallest absolute Gasteiger partial charge is 0.257 e. The summed E-state index contributed by atoms with van der Waals surface area (Å²) in [5, 5.41) is 0. The fourth-order valence-electron chi connectivity index (χ4n) is 3.69. The van der Waals surface area contributed by atoms with E-state index in [9.17, 15) is 18.8 Å². The summed E-state index contributed by atoms with van der Waals surface area (Å²) >= 11 is 0. The molecule has 1 aliphatic heterocycles. The lowest BCUT2D eigenvalue weighted by Crippen LogP contribution is -2.49. The highest BCUT2D eigenvalue weighted by molar-refractivity contribution is 6.23. The van der Waals surface area contributed by atoms with Gasteiger partial charge in [-0.1, -0.05) is 38.1 Å². The maximum absolute atomic E-state index is 14.3. The largest absolute Gasteiger partial charge is 0.354 e. The zero-order chi connectivity index (χ0) is 23.4. The van der Waals surface area contributed by atoms with Crippen LogP contribution >= 0.6 is 0 Å². The Bertz CT molecular complexity index is 988. The molecule has 0 saturated carbocycles. The molecule has 3 rings (SSSR count). The molecule has 0 spiro atoms. The van der Waals surface area contributed by atoms with Gasteiger partial charge in [-0.25, -0.2) is 9.29 Å². The van der Waals surface area contributed by atoms with E-state index in [4.69, 9.17) is 9.47 Å². The second-order valence-electron chi connectivity index (χ2n) is 7.87. The third-order valence-corrected chi connectivity index (χ3v) is 5.55. The van der Waals surface area contributed by atoms with Gasteiger partial charge < -0.3 is 14.4 Å². The lowest BCUT2D eigenvalue weighted by molar-refractivity contribution is -0.128. The Balaban J connectivity index is 1.94. The van der Waals surface area contributed by atoms with Crippen LogP contribution in [0.15, 0.2) is 48.5 Å². The van der Waals surface area contributed by atoms with Crippen LogP contribution in [0.3, 0.4) is 0 Å². The van der Waals surface area contributed by atoms with Gasteiger partial charge in [0, 0.05) is 14.2 Å². The van der Waals surface area contributed by atoms with Crippen LogP contribution in [0.1, 0.15) is 42.1 Å². The molecule has 0 radical (unpaired) electrons. The molecular formula is C24H27FN2O5. The molecule has 1 fully saturated rings. The van der Waals surface area contributed by atoms with Crippen LogP contribution in [0.5, 0.6) is 0 Å². The monoisotopic (exact) mass is 442 g/mol.